The van der Waals surface area contributed by atoms with Gasteiger partial charge in [0.2, 0.25) is 5.95 Å². The van der Waals surface area contributed by atoms with E-state index < -0.39 is 0 Å². The van der Waals surface area contributed by atoms with Gasteiger partial charge in [-0.05, 0) is 107 Å². The van der Waals surface area contributed by atoms with E-state index in [1.807, 2.05) is 12.1 Å². The Morgan fingerprint density at radius 3 is 1.64 bits per heavy atom. The molecular formula is C50H33N5. The highest BCUT2D eigenvalue weighted by Crippen LogP contribution is 2.38. The molecule has 0 N–H and O–H groups in total. The first-order valence-electron chi connectivity index (χ1n) is 18.6. The molecule has 0 amide bonds. The highest BCUT2D eigenvalue weighted by Gasteiger charge is 2.20. The van der Waals surface area contributed by atoms with Crippen LogP contribution < -0.4 is 4.90 Å². The van der Waals surface area contributed by atoms with Crippen LogP contribution in [0.2, 0.25) is 0 Å². The minimum absolute atomic E-state index is 0.824. The summed E-state index contributed by atoms with van der Waals surface area (Å²) in [4.78, 5) is 12.7. The molecule has 258 valence electrons. The van der Waals surface area contributed by atoms with Gasteiger partial charge < -0.3 is 4.90 Å². The van der Waals surface area contributed by atoms with Gasteiger partial charge in [0.25, 0.3) is 0 Å². The second kappa shape index (κ2) is 12.6. The minimum atomic E-state index is 0.824. The van der Waals surface area contributed by atoms with Gasteiger partial charge in [0.15, 0.2) is 0 Å². The molecule has 3 heterocycles. The number of anilines is 3. The molecule has 3 aromatic heterocycles. The molecule has 55 heavy (non-hydrogen) atoms. The molecule has 0 spiro atoms. The van der Waals surface area contributed by atoms with E-state index in [4.69, 9.17) is 9.97 Å². The Labute approximate surface area is 317 Å². The monoisotopic (exact) mass is 703 g/mol. The zero-order chi connectivity index (χ0) is 36.3. The van der Waals surface area contributed by atoms with Crippen molar-refractivity contribution < 1.29 is 0 Å². The van der Waals surface area contributed by atoms with Crippen LogP contribution in [0, 0.1) is 0 Å². The highest BCUT2D eigenvalue weighted by atomic mass is 15.2. The number of benzene rings is 8. The fourth-order valence-electron chi connectivity index (χ4n) is 8.13. The maximum absolute atomic E-state index is 5.33. The van der Waals surface area contributed by atoms with E-state index in [0.717, 1.165) is 67.2 Å². The van der Waals surface area contributed by atoms with E-state index in [2.05, 4.69) is 202 Å². The van der Waals surface area contributed by atoms with Gasteiger partial charge in [-0.25, -0.2) is 9.97 Å². The zero-order valence-electron chi connectivity index (χ0n) is 29.8. The van der Waals surface area contributed by atoms with Crippen molar-refractivity contribution in [3.05, 3.63) is 200 Å². The Kier molecular flexibility index (Phi) is 7.10. The van der Waals surface area contributed by atoms with Crippen LogP contribution in [0.5, 0.6) is 0 Å². The predicted molar refractivity (Wildman–Crippen MR) is 228 cm³/mol. The van der Waals surface area contributed by atoms with E-state index in [0.29, 0.717) is 0 Å². The molecule has 11 rings (SSSR count). The molecule has 0 aliphatic carbocycles. The number of hydrogen-bond donors (Lipinski definition) is 0. The number of para-hydroxylation sites is 6. The van der Waals surface area contributed by atoms with E-state index in [1.165, 1.54) is 27.5 Å². The number of imidazole rings is 1. The molecule has 8 aromatic carbocycles. The predicted octanol–water partition coefficient (Wildman–Crippen LogP) is 12.9. The van der Waals surface area contributed by atoms with Crippen LogP contribution in [-0.4, -0.2) is 18.9 Å². The van der Waals surface area contributed by atoms with Crippen molar-refractivity contribution in [1.29, 1.82) is 0 Å². The molecule has 0 atom stereocenters. The van der Waals surface area contributed by atoms with Gasteiger partial charge in [-0.3, -0.25) is 8.97 Å². The standard InChI is InChI=1S/C50H33N5/c1-3-16-38(17-4-1)53(39-18-5-2-6-19-39)40-29-26-34(27-30-40)35-14-13-15-36(32-35)37-28-31-47-43(33-37)41-20-8-11-24-46(41)54(47)50-52-44-22-9-7-21-42(44)49-51-45-23-10-12-25-48(45)55(49)50/h1-33H. The molecular weight excluding hydrogens is 671 g/mol. The van der Waals surface area contributed by atoms with Crippen molar-refractivity contribution in [2.45, 2.75) is 0 Å². The quantitative estimate of drug-likeness (QED) is 0.173. The molecule has 0 bridgehead atoms. The number of hydrogen-bond acceptors (Lipinski definition) is 3. The Morgan fingerprint density at radius 2 is 0.891 bits per heavy atom. The van der Waals surface area contributed by atoms with E-state index in [9.17, 15) is 0 Å². The topological polar surface area (TPSA) is 38.4 Å². The summed E-state index contributed by atoms with van der Waals surface area (Å²) in [6.45, 7) is 0. The molecule has 5 nitrogen and oxygen atoms in total. The Balaban J connectivity index is 1.02. The van der Waals surface area contributed by atoms with E-state index >= 15 is 0 Å². The fraction of sp³-hybridized carbons (Fsp3) is 0. The summed E-state index contributed by atoms with van der Waals surface area (Å²) in [5.74, 6) is 0.824. The lowest BCUT2D eigenvalue weighted by Gasteiger charge is -2.25. The van der Waals surface area contributed by atoms with Gasteiger partial charge in [0, 0.05) is 33.2 Å². The van der Waals surface area contributed by atoms with Crippen LogP contribution in [0.3, 0.4) is 0 Å². The smallest absolute Gasteiger partial charge is 0.221 e. The summed E-state index contributed by atoms with van der Waals surface area (Å²) >= 11 is 0. The average Bonchev–Trinajstić information content (AvgIpc) is 3.81. The van der Waals surface area contributed by atoms with Gasteiger partial charge in [0.05, 0.1) is 27.6 Å². The second-order valence-electron chi connectivity index (χ2n) is 13.9. The lowest BCUT2D eigenvalue weighted by atomic mass is 9.97. The van der Waals surface area contributed by atoms with Gasteiger partial charge in [-0.15, -0.1) is 0 Å². The molecule has 0 unspecified atom stereocenters. The lowest BCUT2D eigenvalue weighted by Crippen LogP contribution is -2.09. The first-order valence-corrected chi connectivity index (χ1v) is 18.6. The molecule has 5 heteroatoms. The number of fused-ring (bicyclic) bond motifs is 8. The average molecular weight is 704 g/mol. The van der Waals surface area contributed by atoms with Gasteiger partial charge in [-0.1, -0.05) is 115 Å². The third kappa shape index (κ3) is 5.09. The first-order chi connectivity index (χ1) is 27.3. The number of aromatic nitrogens is 4. The fourth-order valence-corrected chi connectivity index (χ4v) is 8.13. The summed E-state index contributed by atoms with van der Waals surface area (Å²) in [5, 5.41) is 3.39. The van der Waals surface area contributed by atoms with Gasteiger partial charge in [-0.2, -0.15) is 0 Å². The number of rotatable bonds is 6. The van der Waals surface area contributed by atoms with Crippen LogP contribution >= 0.6 is 0 Å². The SMILES string of the molecule is c1ccc(N(c2ccccc2)c2ccc(-c3cccc(-c4ccc5c(c4)c4ccccc4n5-c4nc5ccccc5c5nc6ccccc6n45)c3)cc2)cc1. The summed E-state index contributed by atoms with van der Waals surface area (Å²) in [7, 11) is 0. The van der Waals surface area contributed by atoms with Crippen molar-refractivity contribution >= 4 is 66.5 Å². The normalized spacial score (nSPS) is 11.6. The Bertz CT molecular complexity index is 3160. The van der Waals surface area contributed by atoms with Crippen LogP contribution in [0.4, 0.5) is 17.1 Å². The van der Waals surface area contributed by atoms with E-state index in [1.54, 1.807) is 0 Å². The third-order valence-electron chi connectivity index (χ3n) is 10.7. The van der Waals surface area contributed by atoms with Gasteiger partial charge in [0.1, 0.15) is 5.65 Å². The second-order valence-corrected chi connectivity index (χ2v) is 13.9. The Morgan fingerprint density at radius 1 is 0.345 bits per heavy atom. The molecule has 0 saturated heterocycles. The minimum Gasteiger partial charge on any atom is -0.311 e. The molecule has 0 aliphatic heterocycles. The molecule has 11 aromatic rings. The summed E-state index contributed by atoms with van der Waals surface area (Å²) in [6.07, 6.45) is 0. The summed E-state index contributed by atoms with van der Waals surface area (Å²) < 4.78 is 4.51. The maximum Gasteiger partial charge on any atom is 0.221 e. The van der Waals surface area contributed by atoms with Crippen molar-refractivity contribution in [2.24, 2.45) is 0 Å². The molecule has 0 saturated carbocycles. The highest BCUT2D eigenvalue weighted by molar-refractivity contribution is 6.11. The van der Waals surface area contributed by atoms with Crippen molar-refractivity contribution in [2.75, 3.05) is 4.90 Å². The van der Waals surface area contributed by atoms with Crippen LogP contribution in [0.25, 0.3) is 77.6 Å². The third-order valence-corrected chi connectivity index (χ3v) is 10.7. The van der Waals surface area contributed by atoms with Crippen LogP contribution in [-0.2, 0) is 0 Å². The molecule has 0 fully saturated rings. The number of nitrogens with zero attached hydrogens (tertiary/aromatic N) is 5. The largest absolute Gasteiger partial charge is 0.311 e. The Hall–Kier alpha value is -7.50. The summed E-state index contributed by atoms with van der Waals surface area (Å²) in [5.41, 5.74) is 14.0. The summed E-state index contributed by atoms with van der Waals surface area (Å²) in [6, 6.07) is 70.8. The molecule has 0 aliphatic rings. The van der Waals surface area contributed by atoms with E-state index in [-0.39, 0.29) is 0 Å². The molecule has 0 radical (unpaired) electrons. The van der Waals surface area contributed by atoms with Crippen molar-refractivity contribution in [3.63, 3.8) is 0 Å². The van der Waals surface area contributed by atoms with Crippen molar-refractivity contribution in [1.82, 2.24) is 18.9 Å². The zero-order valence-corrected chi connectivity index (χ0v) is 29.8. The first kappa shape index (κ1) is 31.1. The van der Waals surface area contributed by atoms with Crippen LogP contribution in [0.15, 0.2) is 200 Å². The van der Waals surface area contributed by atoms with Gasteiger partial charge >= 0.3 is 0 Å². The van der Waals surface area contributed by atoms with Crippen molar-refractivity contribution in [3.8, 4) is 28.2 Å². The van der Waals surface area contributed by atoms with Crippen LogP contribution in [0.1, 0.15) is 0 Å². The maximum atomic E-state index is 5.33. The lowest BCUT2D eigenvalue weighted by molar-refractivity contribution is 0.979.